The molecular weight excluding hydrogens is 352 g/mol. The number of aliphatic carboxylic acids is 1. The minimum atomic E-state index is -1.23. The van der Waals surface area contributed by atoms with Gasteiger partial charge in [-0.3, -0.25) is 9.20 Å². The first-order valence-corrected chi connectivity index (χ1v) is 9.12. The Morgan fingerprint density at radius 1 is 1.12 bits per heavy atom. The number of thioether (sulfide) groups is 1. The van der Waals surface area contributed by atoms with Crippen LogP contribution < -0.4 is 5.11 Å². The number of amides is 1. The number of benzene rings is 1. The average Bonchev–Trinajstić information content (AvgIpc) is 3.08. The highest BCUT2D eigenvalue weighted by molar-refractivity contribution is 7.99. The fourth-order valence-corrected chi connectivity index (χ4v) is 3.93. The van der Waals surface area contributed by atoms with Crippen LogP contribution in [0.1, 0.15) is 11.1 Å². The fraction of sp³-hybridized carbons (Fsp3) is 0.222. The molecule has 1 aromatic carbocycles. The molecular formula is C18H15N4O3S-. The molecule has 1 aliphatic heterocycles. The van der Waals surface area contributed by atoms with Crippen molar-refractivity contribution in [3.63, 3.8) is 0 Å². The third-order valence-corrected chi connectivity index (χ3v) is 5.38. The zero-order valence-corrected chi connectivity index (χ0v) is 14.6. The Bertz CT molecular complexity index is 987. The van der Waals surface area contributed by atoms with Crippen molar-refractivity contribution < 1.29 is 14.7 Å². The van der Waals surface area contributed by atoms with E-state index in [2.05, 4.69) is 10.2 Å². The molecule has 26 heavy (non-hydrogen) atoms. The lowest BCUT2D eigenvalue weighted by atomic mass is 9.94. The highest BCUT2D eigenvalue weighted by atomic mass is 32.2. The topological polar surface area (TPSA) is 90.6 Å². The van der Waals surface area contributed by atoms with Gasteiger partial charge >= 0.3 is 0 Å². The van der Waals surface area contributed by atoms with E-state index in [1.165, 1.54) is 16.7 Å². The Hall–Kier alpha value is -2.87. The summed E-state index contributed by atoms with van der Waals surface area (Å²) < 4.78 is 1.79. The van der Waals surface area contributed by atoms with Gasteiger partial charge in [-0.05, 0) is 29.7 Å². The Morgan fingerprint density at radius 2 is 1.88 bits per heavy atom. The van der Waals surface area contributed by atoms with E-state index >= 15 is 0 Å². The lowest BCUT2D eigenvalue weighted by molar-refractivity contribution is -0.311. The van der Waals surface area contributed by atoms with Crippen LogP contribution in [-0.4, -0.2) is 43.2 Å². The van der Waals surface area contributed by atoms with Gasteiger partial charge in [0.15, 0.2) is 10.8 Å². The molecule has 0 radical (unpaired) electrons. The Kier molecular flexibility index (Phi) is 4.34. The number of carboxylic acid groups (broad SMARTS) is 1. The van der Waals surface area contributed by atoms with E-state index in [0.29, 0.717) is 10.8 Å². The van der Waals surface area contributed by atoms with Crippen molar-refractivity contribution in [2.24, 2.45) is 0 Å². The molecule has 0 saturated heterocycles. The van der Waals surface area contributed by atoms with Crippen molar-refractivity contribution in [1.82, 2.24) is 19.5 Å². The second-order valence-corrected chi connectivity index (χ2v) is 6.97. The van der Waals surface area contributed by atoms with E-state index in [9.17, 15) is 14.7 Å². The Balaban J connectivity index is 1.52. The smallest absolute Gasteiger partial charge is 0.233 e. The van der Waals surface area contributed by atoms with Gasteiger partial charge in [0.25, 0.3) is 0 Å². The average molecular weight is 367 g/mol. The molecule has 0 bridgehead atoms. The summed E-state index contributed by atoms with van der Waals surface area (Å²) in [7, 11) is 0. The molecule has 0 spiro atoms. The van der Waals surface area contributed by atoms with Crippen LogP contribution in [0.15, 0.2) is 53.8 Å². The van der Waals surface area contributed by atoms with Crippen molar-refractivity contribution in [3.05, 3.63) is 59.8 Å². The summed E-state index contributed by atoms with van der Waals surface area (Å²) in [6.07, 6.45) is 2.09. The van der Waals surface area contributed by atoms with E-state index in [0.717, 1.165) is 11.1 Å². The first-order valence-electron chi connectivity index (χ1n) is 8.13. The summed E-state index contributed by atoms with van der Waals surface area (Å²) in [4.78, 5) is 25.6. The number of fused-ring (bicyclic) bond motifs is 2. The molecule has 0 fully saturated rings. The van der Waals surface area contributed by atoms with Gasteiger partial charge in [0.1, 0.15) is 0 Å². The highest BCUT2D eigenvalue weighted by Crippen LogP contribution is 2.25. The SMILES string of the molecule is O=C([O-])[C@@H]1Cc2ccccc2CN1C(=O)CSc1nnc2ccccn12. The lowest BCUT2D eigenvalue weighted by Gasteiger charge is -2.37. The normalized spacial score (nSPS) is 16.5. The van der Waals surface area contributed by atoms with Crippen LogP contribution in [0.4, 0.5) is 0 Å². The van der Waals surface area contributed by atoms with Crippen LogP contribution in [0.5, 0.6) is 0 Å². The van der Waals surface area contributed by atoms with Crippen LogP contribution in [0.3, 0.4) is 0 Å². The Morgan fingerprint density at radius 3 is 2.69 bits per heavy atom. The summed E-state index contributed by atoms with van der Waals surface area (Å²) in [5, 5.41) is 20.3. The van der Waals surface area contributed by atoms with Crippen LogP contribution >= 0.6 is 11.8 Å². The van der Waals surface area contributed by atoms with Gasteiger partial charge in [-0.2, -0.15) is 0 Å². The third kappa shape index (κ3) is 3.03. The predicted octanol–water partition coefficient (Wildman–Crippen LogP) is 0.525. The molecule has 1 atom stereocenters. The predicted molar refractivity (Wildman–Crippen MR) is 93.2 cm³/mol. The lowest BCUT2D eigenvalue weighted by Crippen LogP contribution is -2.54. The summed E-state index contributed by atoms with van der Waals surface area (Å²) in [6, 6.07) is 12.2. The van der Waals surface area contributed by atoms with E-state index in [4.69, 9.17) is 0 Å². The molecule has 8 heteroatoms. The number of rotatable bonds is 4. The number of aromatic nitrogens is 3. The molecule has 0 N–H and O–H groups in total. The van der Waals surface area contributed by atoms with Gasteiger partial charge in [-0.1, -0.05) is 42.1 Å². The molecule has 1 amide bonds. The molecule has 3 heterocycles. The molecule has 0 aliphatic carbocycles. The molecule has 0 saturated carbocycles. The van der Waals surface area contributed by atoms with Crippen LogP contribution in [0.25, 0.3) is 5.65 Å². The number of carboxylic acids is 1. The van der Waals surface area contributed by atoms with E-state index < -0.39 is 12.0 Å². The number of hydrogen-bond acceptors (Lipinski definition) is 6. The van der Waals surface area contributed by atoms with Gasteiger partial charge in [0.2, 0.25) is 5.91 Å². The summed E-state index contributed by atoms with van der Waals surface area (Å²) in [5.41, 5.74) is 2.61. The molecule has 7 nitrogen and oxygen atoms in total. The number of hydrogen-bond donors (Lipinski definition) is 0. The fourth-order valence-electron chi connectivity index (χ4n) is 3.12. The zero-order chi connectivity index (χ0) is 18.1. The first kappa shape index (κ1) is 16.6. The van der Waals surface area contributed by atoms with Crippen LogP contribution in [-0.2, 0) is 22.6 Å². The van der Waals surface area contributed by atoms with Gasteiger partial charge in [-0.15, -0.1) is 10.2 Å². The van der Waals surface area contributed by atoms with Gasteiger partial charge in [-0.25, -0.2) is 0 Å². The number of nitrogens with zero attached hydrogens (tertiary/aromatic N) is 4. The molecule has 2 aromatic heterocycles. The molecule has 0 unspecified atom stereocenters. The first-order chi connectivity index (χ1) is 12.6. The van der Waals surface area contributed by atoms with Gasteiger partial charge in [0.05, 0.1) is 17.8 Å². The maximum absolute atomic E-state index is 12.7. The van der Waals surface area contributed by atoms with Crippen molar-refractivity contribution in [2.45, 2.75) is 24.2 Å². The minimum Gasteiger partial charge on any atom is -0.548 e. The van der Waals surface area contributed by atoms with Gasteiger partial charge < -0.3 is 14.8 Å². The largest absolute Gasteiger partial charge is 0.548 e. The van der Waals surface area contributed by atoms with Crippen LogP contribution in [0, 0.1) is 0 Å². The van der Waals surface area contributed by atoms with Crippen LogP contribution in [0.2, 0.25) is 0 Å². The van der Waals surface area contributed by atoms with E-state index in [1.807, 2.05) is 48.7 Å². The number of carbonyl (C=O) groups is 2. The highest BCUT2D eigenvalue weighted by Gasteiger charge is 2.30. The quantitative estimate of drug-likeness (QED) is 0.625. The number of carbonyl (C=O) groups excluding carboxylic acids is 2. The Labute approximate surface area is 153 Å². The molecule has 4 rings (SSSR count). The monoisotopic (exact) mass is 367 g/mol. The van der Waals surface area contributed by atoms with Crippen molar-refractivity contribution in [1.29, 1.82) is 0 Å². The second kappa shape index (κ2) is 6.80. The van der Waals surface area contributed by atoms with Crippen molar-refractivity contribution in [2.75, 3.05) is 5.75 Å². The summed E-state index contributed by atoms with van der Waals surface area (Å²) in [5.74, 6) is -1.40. The standard InChI is InChI=1S/C18H16N4O3S/c23-16(11-26-18-20-19-15-7-3-4-8-21(15)18)22-10-13-6-2-1-5-12(13)9-14(22)17(24)25/h1-8,14H,9-11H2,(H,24,25)/p-1/t14-/m0/s1. The zero-order valence-electron chi connectivity index (χ0n) is 13.7. The van der Waals surface area contributed by atoms with Crippen molar-refractivity contribution >= 4 is 29.3 Å². The number of pyridine rings is 1. The minimum absolute atomic E-state index is 0.0850. The molecule has 3 aromatic rings. The van der Waals surface area contributed by atoms with E-state index in [-0.39, 0.29) is 24.6 Å². The summed E-state index contributed by atoms with van der Waals surface area (Å²) in [6.45, 7) is 0.273. The van der Waals surface area contributed by atoms with Gasteiger partial charge in [0, 0.05) is 12.7 Å². The maximum atomic E-state index is 12.7. The molecule has 1 aliphatic rings. The maximum Gasteiger partial charge on any atom is 0.233 e. The summed E-state index contributed by atoms with van der Waals surface area (Å²) >= 11 is 1.24. The van der Waals surface area contributed by atoms with Crippen molar-refractivity contribution in [3.8, 4) is 0 Å². The second-order valence-electron chi connectivity index (χ2n) is 6.03. The van der Waals surface area contributed by atoms with E-state index in [1.54, 1.807) is 4.40 Å². The third-order valence-electron chi connectivity index (χ3n) is 4.45. The molecule has 132 valence electrons.